The first-order valence-electron chi connectivity index (χ1n) is 6.58. The van der Waals surface area contributed by atoms with Crippen LogP contribution in [-0.4, -0.2) is 19.3 Å². The van der Waals surface area contributed by atoms with Crippen molar-refractivity contribution < 1.29 is 18.1 Å². The molecule has 0 aliphatic heterocycles. The van der Waals surface area contributed by atoms with Gasteiger partial charge in [0.1, 0.15) is 0 Å². The first-order chi connectivity index (χ1) is 8.72. The summed E-state index contributed by atoms with van der Waals surface area (Å²) >= 11 is 0. The zero-order valence-electron chi connectivity index (χ0n) is 10.8. The Labute approximate surface area is 109 Å². The first-order valence-corrected chi connectivity index (χ1v) is 8.04. The van der Waals surface area contributed by atoms with Crippen LogP contribution in [0.25, 0.3) is 0 Å². The second-order valence-corrected chi connectivity index (χ2v) is 6.32. The Morgan fingerprint density at radius 1 is 1.00 bits per heavy atom. The number of phosphoric ester groups is 1. The maximum Gasteiger partial charge on any atom is 0.475 e. The third-order valence-corrected chi connectivity index (χ3v) is 4.68. The predicted octanol–water partition coefficient (Wildman–Crippen LogP) is 3.99. The molecule has 0 aromatic rings. The molecule has 0 saturated heterocycles. The zero-order valence-corrected chi connectivity index (χ0v) is 11.7. The summed E-state index contributed by atoms with van der Waals surface area (Å²) in [4.78, 5) is 0. The molecule has 2 rings (SSSR count). The van der Waals surface area contributed by atoms with Gasteiger partial charge in [-0.15, -0.1) is 0 Å². The molecule has 0 spiro atoms. The summed E-state index contributed by atoms with van der Waals surface area (Å²) in [6, 6.07) is 0. The molecule has 5 heteroatoms. The fourth-order valence-electron chi connectivity index (χ4n) is 2.18. The molecule has 18 heavy (non-hydrogen) atoms. The van der Waals surface area contributed by atoms with Crippen molar-refractivity contribution in [1.82, 2.24) is 0 Å². The van der Waals surface area contributed by atoms with Gasteiger partial charge in [0.15, 0.2) is 0 Å². The van der Waals surface area contributed by atoms with E-state index in [0.29, 0.717) is 0 Å². The highest BCUT2D eigenvalue weighted by atomic mass is 31.2. The van der Waals surface area contributed by atoms with Crippen molar-refractivity contribution in [2.24, 2.45) is 0 Å². The Kier molecular flexibility index (Phi) is 5.19. The van der Waals surface area contributed by atoms with Crippen molar-refractivity contribution in [2.75, 3.05) is 7.11 Å². The molecule has 2 aliphatic carbocycles. The molecule has 0 fully saturated rings. The highest BCUT2D eigenvalue weighted by Crippen LogP contribution is 2.52. The highest BCUT2D eigenvalue weighted by Gasteiger charge is 2.32. The van der Waals surface area contributed by atoms with Gasteiger partial charge in [-0.3, -0.25) is 13.6 Å². The Hall–Kier alpha value is -0.410. The molecule has 0 bridgehead atoms. The molecule has 0 radical (unpaired) electrons. The van der Waals surface area contributed by atoms with E-state index >= 15 is 0 Å². The van der Waals surface area contributed by atoms with Crippen molar-refractivity contribution in [1.29, 1.82) is 0 Å². The minimum absolute atomic E-state index is 0.155. The largest absolute Gasteiger partial charge is 0.475 e. The quantitative estimate of drug-likeness (QED) is 0.560. The maximum absolute atomic E-state index is 12.4. The molecule has 4 nitrogen and oxygen atoms in total. The van der Waals surface area contributed by atoms with E-state index in [1.807, 2.05) is 12.2 Å². The molecular formula is C13H21O4P. The van der Waals surface area contributed by atoms with Crippen molar-refractivity contribution in [2.45, 2.75) is 50.7 Å². The van der Waals surface area contributed by atoms with Gasteiger partial charge in [-0.2, -0.15) is 0 Å². The number of allylic oxidation sites excluding steroid dienone is 2. The van der Waals surface area contributed by atoms with Gasteiger partial charge in [0.2, 0.25) is 0 Å². The minimum atomic E-state index is -3.44. The van der Waals surface area contributed by atoms with Crippen LogP contribution >= 0.6 is 7.82 Å². The van der Waals surface area contributed by atoms with E-state index in [9.17, 15) is 4.57 Å². The number of phosphoric acid groups is 1. The second kappa shape index (κ2) is 6.67. The van der Waals surface area contributed by atoms with Crippen LogP contribution in [0.2, 0.25) is 0 Å². The minimum Gasteiger partial charge on any atom is -0.290 e. The summed E-state index contributed by atoms with van der Waals surface area (Å²) in [6.45, 7) is 0. The van der Waals surface area contributed by atoms with Crippen LogP contribution in [0.5, 0.6) is 0 Å². The molecule has 0 heterocycles. The maximum atomic E-state index is 12.4. The lowest BCUT2D eigenvalue weighted by atomic mass is 10.1. The fourth-order valence-corrected chi connectivity index (χ4v) is 3.42. The summed E-state index contributed by atoms with van der Waals surface area (Å²) in [5, 5.41) is 0. The molecule has 0 amide bonds. The Balaban J connectivity index is 1.93. The van der Waals surface area contributed by atoms with E-state index in [-0.39, 0.29) is 12.2 Å². The lowest BCUT2D eigenvalue weighted by Crippen LogP contribution is -2.17. The summed E-state index contributed by atoms with van der Waals surface area (Å²) in [6.07, 6.45) is 13.6. The molecule has 0 aromatic heterocycles. The number of hydrogen-bond acceptors (Lipinski definition) is 4. The Morgan fingerprint density at radius 2 is 1.50 bits per heavy atom. The van der Waals surface area contributed by atoms with Crippen molar-refractivity contribution in [3.63, 3.8) is 0 Å². The van der Waals surface area contributed by atoms with E-state index in [2.05, 4.69) is 12.2 Å². The van der Waals surface area contributed by atoms with Crippen LogP contribution < -0.4 is 0 Å². The Morgan fingerprint density at radius 3 is 1.83 bits per heavy atom. The Bertz CT molecular complexity index is 334. The van der Waals surface area contributed by atoms with E-state index in [1.165, 1.54) is 7.11 Å². The molecular weight excluding hydrogens is 251 g/mol. The SMILES string of the molecule is COP(=O)(OC1C=CCCC1)OC1C=CCCC1. The smallest absolute Gasteiger partial charge is 0.290 e. The lowest BCUT2D eigenvalue weighted by Gasteiger charge is -2.26. The molecule has 2 aliphatic rings. The predicted molar refractivity (Wildman–Crippen MR) is 70.3 cm³/mol. The third kappa shape index (κ3) is 4.06. The van der Waals surface area contributed by atoms with Gasteiger partial charge in [-0.1, -0.05) is 24.3 Å². The summed E-state index contributed by atoms with van der Waals surface area (Å²) in [7, 11) is -2.06. The van der Waals surface area contributed by atoms with Crippen LogP contribution in [0.3, 0.4) is 0 Å². The third-order valence-electron chi connectivity index (χ3n) is 3.17. The molecule has 0 aromatic carbocycles. The molecule has 102 valence electrons. The van der Waals surface area contributed by atoms with Gasteiger partial charge in [0, 0.05) is 7.11 Å². The van der Waals surface area contributed by atoms with Crippen LogP contribution in [0.4, 0.5) is 0 Å². The van der Waals surface area contributed by atoms with Crippen molar-refractivity contribution >= 4 is 7.82 Å². The second-order valence-electron chi connectivity index (χ2n) is 4.64. The normalized spacial score (nSPS) is 31.2. The van der Waals surface area contributed by atoms with Crippen molar-refractivity contribution in [3.05, 3.63) is 24.3 Å². The van der Waals surface area contributed by atoms with Crippen LogP contribution in [-0.2, 0) is 18.1 Å². The standard InChI is InChI=1S/C13H21O4P/c1-15-18(14,16-12-8-4-2-5-9-12)17-13-10-6-3-7-11-13/h4,6,8,10,12-13H,2-3,5,7,9,11H2,1H3. The van der Waals surface area contributed by atoms with Gasteiger partial charge in [-0.25, -0.2) is 4.57 Å². The highest BCUT2D eigenvalue weighted by molar-refractivity contribution is 7.48. The number of hydrogen-bond donors (Lipinski definition) is 0. The number of rotatable bonds is 5. The van der Waals surface area contributed by atoms with Crippen molar-refractivity contribution in [3.8, 4) is 0 Å². The van der Waals surface area contributed by atoms with E-state index in [4.69, 9.17) is 13.6 Å². The monoisotopic (exact) mass is 272 g/mol. The van der Waals surface area contributed by atoms with E-state index < -0.39 is 7.82 Å². The van der Waals surface area contributed by atoms with Gasteiger partial charge in [0.25, 0.3) is 0 Å². The summed E-state index contributed by atoms with van der Waals surface area (Å²) in [5.41, 5.74) is 0. The summed E-state index contributed by atoms with van der Waals surface area (Å²) in [5.74, 6) is 0. The van der Waals surface area contributed by atoms with Gasteiger partial charge >= 0.3 is 7.82 Å². The van der Waals surface area contributed by atoms with Crippen LogP contribution in [0, 0.1) is 0 Å². The van der Waals surface area contributed by atoms with Crippen LogP contribution in [0.1, 0.15) is 38.5 Å². The van der Waals surface area contributed by atoms with Gasteiger partial charge in [-0.05, 0) is 38.5 Å². The van der Waals surface area contributed by atoms with E-state index in [1.54, 1.807) is 0 Å². The van der Waals surface area contributed by atoms with E-state index in [0.717, 1.165) is 38.5 Å². The fraction of sp³-hybridized carbons (Fsp3) is 0.692. The summed E-state index contributed by atoms with van der Waals surface area (Å²) < 4.78 is 28.4. The zero-order chi connectivity index (χ0) is 12.8. The molecule has 2 unspecified atom stereocenters. The molecule has 0 N–H and O–H groups in total. The van der Waals surface area contributed by atoms with Gasteiger partial charge in [0.05, 0.1) is 12.2 Å². The molecule has 2 atom stereocenters. The molecule has 0 saturated carbocycles. The average Bonchev–Trinajstić information content (AvgIpc) is 2.41. The topological polar surface area (TPSA) is 44.8 Å². The average molecular weight is 272 g/mol. The van der Waals surface area contributed by atoms with Crippen LogP contribution in [0.15, 0.2) is 24.3 Å². The van der Waals surface area contributed by atoms with Gasteiger partial charge < -0.3 is 0 Å². The lowest BCUT2D eigenvalue weighted by molar-refractivity contribution is 0.0816. The first kappa shape index (κ1) is 14.0.